The van der Waals surface area contributed by atoms with E-state index in [-0.39, 0.29) is 11.3 Å². The number of hydrogen-bond acceptors (Lipinski definition) is 2. The Kier molecular flexibility index (Phi) is 5.59. The third kappa shape index (κ3) is 4.44. The molecule has 1 amide bonds. The number of amides is 1. The molecular weight excluding hydrogens is 261 g/mol. The van der Waals surface area contributed by atoms with Gasteiger partial charge in [0.05, 0.1) is 12.7 Å². The van der Waals surface area contributed by atoms with Crippen LogP contribution in [0.4, 0.5) is 0 Å². The summed E-state index contributed by atoms with van der Waals surface area (Å²) in [6, 6.07) is 4.93. The number of ether oxygens (including phenoxy) is 1. The van der Waals surface area contributed by atoms with Gasteiger partial charge in [-0.15, -0.1) is 11.6 Å². The monoisotopic (exact) mass is 275 g/mol. The third-order valence-electron chi connectivity index (χ3n) is 2.23. The molecule has 3 nitrogen and oxygen atoms in total. The van der Waals surface area contributed by atoms with Crippen molar-refractivity contribution in [2.24, 2.45) is 0 Å². The summed E-state index contributed by atoms with van der Waals surface area (Å²) < 4.78 is 5.10. The van der Waals surface area contributed by atoms with Crippen LogP contribution in [0.5, 0.6) is 5.75 Å². The first-order valence-electron chi connectivity index (χ1n) is 5.30. The molecule has 0 bridgehead atoms. The Morgan fingerprint density at radius 2 is 2.24 bits per heavy atom. The minimum atomic E-state index is -0.207. The summed E-state index contributed by atoms with van der Waals surface area (Å²) in [4.78, 5) is 11.9. The second-order valence-electron chi connectivity index (χ2n) is 3.67. The summed E-state index contributed by atoms with van der Waals surface area (Å²) in [5.74, 6) is 0.299. The van der Waals surface area contributed by atoms with E-state index in [9.17, 15) is 4.79 Å². The quantitative estimate of drug-likeness (QED) is 0.839. The Balaban J connectivity index is 2.70. The molecule has 0 fully saturated rings. The van der Waals surface area contributed by atoms with Gasteiger partial charge in [-0.25, -0.2) is 0 Å². The van der Waals surface area contributed by atoms with Crippen molar-refractivity contribution in [2.75, 3.05) is 13.7 Å². The Bertz CT molecular complexity index is 394. The molecule has 1 aromatic carbocycles. The van der Waals surface area contributed by atoms with Crippen LogP contribution >= 0.6 is 23.2 Å². The maximum Gasteiger partial charge on any atom is 0.255 e. The van der Waals surface area contributed by atoms with Crippen LogP contribution in [0.1, 0.15) is 23.7 Å². The molecule has 5 heteroatoms. The molecule has 1 rings (SSSR count). The molecule has 94 valence electrons. The van der Waals surface area contributed by atoms with Crippen molar-refractivity contribution in [3.63, 3.8) is 0 Å². The zero-order chi connectivity index (χ0) is 12.8. The first kappa shape index (κ1) is 14.1. The van der Waals surface area contributed by atoms with Gasteiger partial charge in [0.25, 0.3) is 5.91 Å². The SMILES string of the molecule is COc1ccc(Cl)cc1C(=O)NCCC(C)Cl. The van der Waals surface area contributed by atoms with Gasteiger partial charge in [0, 0.05) is 16.9 Å². The standard InChI is InChI=1S/C12H15Cl2NO2/c1-8(13)5-6-15-12(16)10-7-9(14)3-4-11(10)17-2/h3-4,7-8H,5-6H2,1-2H3,(H,15,16). The Morgan fingerprint density at radius 3 is 2.82 bits per heavy atom. The topological polar surface area (TPSA) is 38.3 Å². The Hall–Kier alpha value is -0.930. The first-order chi connectivity index (χ1) is 8.04. The fourth-order valence-electron chi connectivity index (χ4n) is 1.34. The highest BCUT2D eigenvalue weighted by Gasteiger charge is 2.12. The summed E-state index contributed by atoms with van der Waals surface area (Å²) >= 11 is 11.6. The van der Waals surface area contributed by atoms with E-state index in [0.717, 1.165) is 6.42 Å². The molecule has 17 heavy (non-hydrogen) atoms. The van der Waals surface area contributed by atoms with Crippen molar-refractivity contribution >= 4 is 29.1 Å². The number of methoxy groups -OCH3 is 1. The normalized spacial score (nSPS) is 12.0. The van der Waals surface area contributed by atoms with Crippen LogP contribution < -0.4 is 10.1 Å². The second-order valence-corrected chi connectivity index (χ2v) is 4.85. The van der Waals surface area contributed by atoms with E-state index >= 15 is 0 Å². The number of carbonyl (C=O) groups is 1. The van der Waals surface area contributed by atoms with E-state index in [0.29, 0.717) is 22.9 Å². The van der Waals surface area contributed by atoms with Crippen LogP contribution in [-0.4, -0.2) is 24.9 Å². The third-order valence-corrected chi connectivity index (χ3v) is 2.69. The van der Waals surface area contributed by atoms with E-state index < -0.39 is 0 Å². The van der Waals surface area contributed by atoms with Crippen molar-refractivity contribution in [3.8, 4) is 5.75 Å². The van der Waals surface area contributed by atoms with E-state index in [2.05, 4.69) is 5.32 Å². The number of carbonyl (C=O) groups excluding carboxylic acids is 1. The number of benzene rings is 1. The molecular formula is C12H15Cl2NO2. The highest BCUT2D eigenvalue weighted by atomic mass is 35.5. The maximum absolute atomic E-state index is 11.9. The van der Waals surface area contributed by atoms with Gasteiger partial charge in [0.2, 0.25) is 0 Å². The second kappa shape index (κ2) is 6.72. The summed E-state index contributed by atoms with van der Waals surface area (Å²) in [6.45, 7) is 2.41. The maximum atomic E-state index is 11.9. The molecule has 1 unspecified atom stereocenters. The molecule has 0 saturated heterocycles. The smallest absolute Gasteiger partial charge is 0.255 e. The average Bonchev–Trinajstić information content (AvgIpc) is 2.28. The fraction of sp³-hybridized carbons (Fsp3) is 0.417. The lowest BCUT2D eigenvalue weighted by molar-refractivity contribution is 0.0950. The van der Waals surface area contributed by atoms with Gasteiger partial charge < -0.3 is 10.1 Å². The molecule has 0 spiro atoms. The number of rotatable bonds is 5. The predicted molar refractivity (Wildman–Crippen MR) is 70.3 cm³/mol. The number of nitrogens with one attached hydrogen (secondary N) is 1. The molecule has 0 heterocycles. The van der Waals surface area contributed by atoms with Crippen LogP contribution in [0.25, 0.3) is 0 Å². The lowest BCUT2D eigenvalue weighted by Gasteiger charge is -2.10. The lowest BCUT2D eigenvalue weighted by Crippen LogP contribution is -2.26. The van der Waals surface area contributed by atoms with Gasteiger partial charge in [0.15, 0.2) is 0 Å². The molecule has 1 N–H and O–H groups in total. The van der Waals surface area contributed by atoms with Crippen LogP contribution in [0.3, 0.4) is 0 Å². The Labute approximate surface area is 111 Å². The number of halogens is 2. The highest BCUT2D eigenvalue weighted by Crippen LogP contribution is 2.22. The number of hydrogen-bond donors (Lipinski definition) is 1. The van der Waals surface area contributed by atoms with Crippen LogP contribution in [0.15, 0.2) is 18.2 Å². The zero-order valence-electron chi connectivity index (χ0n) is 9.80. The molecule has 0 saturated carbocycles. The minimum absolute atomic E-state index is 0.0385. The first-order valence-corrected chi connectivity index (χ1v) is 6.12. The van der Waals surface area contributed by atoms with Crippen molar-refractivity contribution < 1.29 is 9.53 Å². The van der Waals surface area contributed by atoms with Gasteiger partial charge in [-0.05, 0) is 31.5 Å². The molecule has 1 aromatic rings. The predicted octanol–water partition coefficient (Wildman–Crippen LogP) is 3.10. The summed E-state index contributed by atoms with van der Waals surface area (Å²) in [7, 11) is 1.51. The average molecular weight is 276 g/mol. The zero-order valence-corrected chi connectivity index (χ0v) is 11.3. The van der Waals surface area contributed by atoms with Gasteiger partial charge in [-0.1, -0.05) is 11.6 Å². The fourth-order valence-corrected chi connectivity index (χ4v) is 1.62. The van der Waals surface area contributed by atoms with E-state index in [1.54, 1.807) is 18.2 Å². The highest BCUT2D eigenvalue weighted by molar-refractivity contribution is 6.31. The van der Waals surface area contributed by atoms with Gasteiger partial charge in [0.1, 0.15) is 5.75 Å². The van der Waals surface area contributed by atoms with Gasteiger partial charge in [-0.2, -0.15) is 0 Å². The van der Waals surface area contributed by atoms with Gasteiger partial charge >= 0.3 is 0 Å². The summed E-state index contributed by atoms with van der Waals surface area (Å²) in [6.07, 6.45) is 0.718. The van der Waals surface area contributed by atoms with Crippen molar-refractivity contribution in [3.05, 3.63) is 28.8 Å². The summed E-state index contributed by atoms with van der Waals surface area (Å²) in [5, 5.41) is 3.31. The van der Waals surface area contributed by atoms with Crippen LogP contribution in [-0.2, 0) is 0 Å². The van der Waals surface area contributed by atoms with Crippen molar-refractivity contribution in [1.29, 1.82) is 0 Å². The van der Waals surface area contributed by atoms with E-state index in [1.165, 1.54) is 7.11 Å². The van der Waals surface area contributed by atoms with E-state index in [1.807, 2.05) is 6.92 Å². The van der Waals surface area contributed by atoms with Crippen molar-refractivity contribution in [2.45, 2.75) is 18.7 Å². The van der Waals surface area contributed by atoms with Crippen molar-refractivity contribution in [1.82, 2.24) is 5.32 Å². The molecule has 0 aliphatic heterocycles. The van der Waals surface area contributed by atoms with Crippen LogP contribution in [0, 0.1) is 0 Å². The molecule has 0 aliphatic rings. The molecule has 0 aliphatic carbocycles. The molecule has 0 radical (unpaired) electrons. The lowest BCUT2D eigenvalue weighted by atomic mass is 10.2. The van der Waals surface area contributed by atoms with E-state index in [4.69, 9.17) is 27.9 Å². The number of alkyl halides is 1. The summed E-state index contributed by atoms with van der Waals surface area (Å²) in [5.41, 5.74) is 0.433. The van der Waals surface area contributed by atoms with Gasteiger partial charge in [-0.3, -0.25) is 4.79 Å². The molecule has 0 aromatic heterocycles. The Morgan fingerprint density at radius 1 is 1.53 bits per heavy atom. The van der Waals surface area contributed by atoms with Crippen LogP contribution in [0.2, 0.25) is 5.02 Å². The molecule has 1 atom stereocenters. The largest absolute Gasteiger partial charge is 0.496 e. The minimum Gasteiger partial charge on any atom is -0.496 e.